The number of nitriles is 1. The molecule has 1 aliphatic rings. The highest BCUT2D eigenvalue weighted by molar-refractivity contribution is 6.36. The van der Waals surface area contributed by atoms with Gasteiger partial charge >= 0.3 is 0 Å². The molecular weight excluding hydrogens is 480 g/mol. The van der Waals surface area contributed by atoms with Gasteiger partial charge in [-0.05, 0) is 37.1 Å². The molecule has 1 saturated heterocycles. The molecule has 0 bridgehead atoms. The average molecular weight is 503 g/mol. The second kappa shape index (κ2) is 10.4. The lowest BCUT2D eigenvalue weighted by molar-refractivity contribution is -0.0223. The van der Waals surface area contributed by atoms with Gasteiger partial charge in [-0.15, -0.1) is 0 Å². The highest BCUT2D eigenvalue weighted by Crippen LogP contribution is 2.34. The van der Waals surface area contributed by atoms with E-state index in [1.807, 2.05) is 30.3 Å². The minimum atomic E-state index is -0.308. The molecular formula is C27H23ClN4O4. The summed E-state index contributed by atoms with van der Waals surface area (Å²) in [6.45, 7) is 0.352. The maximum absolute atomic E-state index is 13.6. The number of hydrogen-bond acceptors (Lipinski definition) is 7. The zero-order chi connectivity index (χ0) is 25.1. The van der Waals surface area contributed by atoms with E-state index in [2.05, 4.69) is 21.4 Å². The molecule has 9 heteroatoms. The quantitative estimate of drug-likeness (QED) is 0.302. The standard InChI is InChI=1S/C27H23ClN4O4/c28-23-10-19(36-18-4-2-1-3-5-18)8-9-21(23)26(34)22-13-31-27-24(22)25(16(11-29)12-30-27)32-17-6-7-20(14-33)35-15-17/h1-5,8-10,12-13,17,20,33H,6-7,14-15H2,(H2,30,31,32)/t17-,20+/m1/s1. The summed E-state index contributed by atoms with van der Waals surface area (Å²) in [5, 5.41) is 23.2. The Hall–Kier alpha value is -3.90. The van der Waals surface area contributed by atoms with Gasteiger partial charge in [-0.25, -0.2) is 4.98 Å². The molecule has 0 saturated carbocycles. The number of aliphatic hydroxyl groups is 1. The number of benzene rings is 2. The van der Waals surface area contributed by atoms with Crippen molar-refractivity contribution in [1.82, 2.24) is 9.97 Å². The number of carbonyl (C=O) groups excluding carboxylic acids is 1. The van der Waals surface area contributed by atoms with E-state index < -0.39 is 0 Å². The fourth-order valence-corrected chi connectivity index (χ4v) is 4.55. The van der Waals surface area contributed by atoms with Crippen molar-refractivity contribution in [3.8, 4) is 17.6 Å². The largest absolute Gasteiger partial charge is 0.457 e. The summed E-state index contributed by atoms with van der Waals surface area (Å²) >= 11 is 6.51. The highest BCUT2D eigenvalue weighted by atomic mass is 35.5. The minimum Gasteiger partial charge on any atom is -0.457 e. The maximum atomic E-state index is 13.6. The van der Waals surface area contributed by atoms with Crippen LogP contribution in [0.3, 0.4) is 0 Å². The number of aliphatic hydroxyl groups excluding tert-OH is 1. The molecule has 2 atom stereocenters. The number of aromatic nitrogens is 2. The first kappa shape index (κ1) is 23.8. The van der Waals surface area contributed by atoms with Crippen molar-refractivity contribution in [2.24, 2.45) is 0 Å². The van der Waals surface area contributed by atoms with E-state index in [0.717, 1.165) is 6.42 Å². The van der Waals surface area contributed by atoms with Crippen molar-refractivity contribution in [2.45, 2.75) is 25.0 Å². The first-order valence-corrected chi connectivity index (χ1v) is 11.9. The smallest absolute Gasteiger partial charge is 0.196 e. The fraction of sp³-hybridized carbons (Fsp3) is 0.222. The number of anilines is 1. The number of ketones is 1. The molecule has 182 valence electrons. The van der Waals surface area contributed by atoms with Gasteiger partial charge in [0.25, 0.3) is 0 Å². The Labute approximate surface area is 212 Å². The van der Waals surface area contributed by atoms with Crippen molar-refractivity contribution in [2.75, 3.05) is 18.5 Å². The number of fused-ring (bicyclic) bond motifs is 1. The number of H-pyrrole nitrogens is 1. The molecule has 1 fully saturated rings. The second-order valence-corrected chi connectivity index (χ2v) is 8.93. The number of para-hydroxylation sites is 1. The van der Waals surface area contributed by atoms with Crippen LogP contribution in [-0.4, -0.2) is 46.2 Å². The highest BCUT2D eigenvalue weighted by Gasteiger charge is 2.26. The predicted molar refractivity (Wildman–Crippen MR) is 136 cm³/mol. The van der Waals surface area contributed by atoms with Crippen molar-refractivity contribution in [1.29, 1.82) is 5.26 Å². The van der Waals surface area contributed by atoms with Gasteiger partial charge in [0.1, 0.15) is 23.2 Å². The molecule has 1 aliphatic heterocycles. The number of pyridine rings is 1. The number of halogens is 1. The molecule has 3 heterocycles. The van der Waals surface area contributed by atoms with Crippen LogP contribution in [0.5, 0.6) is 11.5 Å². The molecule has 0 spiro atoms. The first-order valence-electron chi connectivity index (χ1n) is 11.5. The van der Waals surface area contributed by atoms with E-state index in [-0.39, 0.29) is 29.6 Å². The van der Waals surface area contributed by atoms with Gasteiger partial charge in [0.2, 0.25) is 0 Å². The number of hydrogen-bond donors (Lipinski definition) is 3. The van der Waals surface area contributed by atoms with Crippen molar-refractivity contribution in [3.63, 3.8) is 0 Å². The fourth-order valence-electron chi connectivity index (χ4n) is 4.29. The SMILES string of the molecule is N#Cc1cnc2[nH]cc(C(=O)c3ccc(Oc4ccccc4)cc3Cl)c2c1N[C@@H]1CC[C@@H](CO)OC1. The Kier molecular flexibility index (Phi) is 6.87. The van der Waals surface area contributed by atoms with Crippen LogP contribution in [0.4, 0.5) is 5.69 Å². The van der Waals surface area contributed by atoms with Gasteiger partial charge in [-0.2, -0.15) is 5.26 Å². The van der Waals surface area contributed by atoms with E-state index in [0.29, 0.717) is 57.9 Å². The van der Waals surface area contributed by atoms with Crippen molar-refractivity contribution >= 4 is 34.1 Å². The van der Waals surface area contributed by atoms with E-state index in [9.17, 15) is 15.2 Å². The van der Waals surface area contributed by atoms with Gasteiger partial charge in [-0.1, -0.05) is 29.8 Å². The third-order valence-corrected chi connectivity index (χ3v) is 6.47. The monoisotopic (exact) mass is 502 g/mol. The second-order valence-electron chi connectivity index (χ2n) is 8.53. The zero-order valence-electron chi connectivity index (χ0n) is 19.2. The number of nitrogens with zero attached hydrogens (tertiary/aromatic N) is 2. The van der Waals surface area contributed by atoms with Crippen molar-refractivity contribution < 1.29 is 19.4 Å². The van der Waals surface area contributed by atoms with Gasteiger partial charge in [0, 0.05) is 30.1 Å². The average Bonchev–Trinajstić information content (AvgIpc) is 3.34. The van der Waals surface area contributed by atoms with Gasteiger partial charge in [-0.3, -0.25) is 4.79 Å². The summed E-state index contributed by atoms with van der Waals surface area (Å²) in [7, 11) is 0. The minimum absolute atomic E-state index is 0.0257. The number of nitrogens with one attached hydrogen (secondary N) is 2. The molecule has 8 nitrogen and oxygen atoms in total. The maximum Gasteiger partial charge on any atom is 0.196 e. The van der Waals surface area contributed by atoms with Crippen molar-refractivity contribution in [3.05, 3.63) is 82.6 Å². The Morgan fingerprint density at radius 1 is 1.22 bits per heavy atom. The molecule has 4 aromatic rings. The van der Waals surface area contributed by atoms with Crippen LogP contribution in [-0.2, 0) is 4.74 Å². The molecule has 2 aromatic carbocycles. The Morgan fingerprint density at radius 2 is 2.06 bits per heavy atom. The third kappa shape index (κ3) is 4.77. The molecule has 0 amide bonds. The van der Waals surface area contributed by atoms with Crippen LogP contribution in [0.15, 0.2) is 60.9 Å². The summed E-state index contributed by atoms with van der Waals surface area (Å²) in [5.41, 5.74) is 1.96. The molecule has 0 unspecified atom stereocenters. The summed E-state index contributed by atoms with van der Waals surface area (Å²) in [4.78, 5) is 21.0. The van der Waals surface area contributed by atoms with E-state index in [4.69, 9.17) is 21.1 Å². The van der Waals surface area contributed by atoms with Gasteiger partial charge in [0.15, 0.2) is 5.78 Å². The van der Waals surface area contributed by atoms with Crippen LogP contribution < -0.4 is 10.1 Å². The summed E-state index contributed by atoms with van der Waals surface area (Å²) < 4.78 is 11.5. The van der Waals surface area contributed by atoms with E-state index in [1.54, 1.807) is 24.4 Å². The summed E-state index contributed by atoms with van der Waals surface area (Å²) in [5.74, 6) is 0.862. The van der Waals surface area contributed by atoms with Crippen LogP contribution in [0.1, 0.15) is 34.3 Å². The van der Waals surface area contributed by atoms with E-state index in [1.165, 1.54) is 6.20 Å². The van der Waals surface area contributed by atoms with Gasteiger partial charge < -0.3 is 24.9 Å². The van der Waals surface area contributed by atoms with E-state index >= 15 is 0 Å². The topological polar surface area (TPSA) is 120 Å². The summed E-state index contributed by atoms with van der Waals surface area (Å²) in [6, 6.07) is 16.3. The number of ether oxygens (including phenoxy) is 2. The lowest BCUT2D eigenvalue weighted by Crippen LogP contribution is -2.36. The Morgan fingerprint density at radius 3 is 2.75 bits per heavy atom. The lowest BCUT2D eigenvalue weighted by atomic mass is 10.00. The first-order chi connectivity index (χ1) is 17.6. The molecule has 2 aromatic heterocycles. The third-order valence-electron chi connectivity index (χ3n) is 6.15. The Bertz CT molecular complexity index is 1440. The van der Waals surface area contributed by atoms with Crippen LogP contribution >= 0.6 is 11.6 Å². The zero-order valence-corrected chi connectivity index (χ0v) is 20.0. The predicted octanol–water partition coefficient (Wildman–Crippen LogP) is 5.06. The Balaban J connectivity index is 1.47. The molecule has 5 rings (SSSR count). The summed E-state index contributed by atoms with van der Waals surface area (Å²) in [6.07, 6.45) is 4.31. The molecule has 3 N–H and O–H groups in total. The normalized spacial score (nSPS) is 17.5. The number of rotatable bonds is 7. The van der Waals surface area contributed by atoms with Gasteiger partial charge in [0.05, 0.1) is 46.5 Å². The van der Waals surface area contributed by atoms with Crippen LogP contribution in [0.2, 0.25) is 5.02 Å². The molecule has 0 aliphatic carbocycles. The van der Waals surface area contributed by atoms with Crippen LogP contribution in [0, 0.1) is 11.3 Å². The lowest BCUT2D eigenvalue weighted by Gasteiger charge is -2.29. The van der Waals surface area contributed by atoms with Crippen LogP contribution in [0.25, 0.3) is 11.0 Å². The molecule has 0 radical (unpaired) electrons. The molecule has 36 heavy (non-hydrogen) atoms. The number of aromatic amines is 1. The number of carbonyl (C=O) groups is 1.